The average Bonchev–Trinajstić information content (AvgIpc) is 3.06. The minimum atomic E-state index is -0.713. The lowest BCUT2D eigenvalue weighted by molar-refractivity contribution is 0.0248. The number of fused-ring (bicyclic) bond motifs is 4. The highest BCUT2D eigenvalue weighted by atomic mass is 35.5. The van der Waals surface area contributed by atoms with Crippen LogP contribution >= 0.6 is 11.6 Å². The van der Waals surface area contributed by atoms with E-state index in [1.165, 1.54) is 0 Å². The smallest absolute Gasteiger partial charge is 0.417 e. The maximum absolute atomic E-state index is 13.2. The van der Waals surface area contributed by atoms with Crippen LogP contribution in [0.2, 0.25) is 5.02 Å². The van der Waals surface area contributed by atoms with Crippen LogP contribution < -0.4 is 10.2 Å². The largest absolute Gasteiger partial charge is 0.443 e. The number of pyridine rings is 1. The lowest BCUT2D eigenvalue weighted by atomic mass is 10.1. The lowest BCUT2D eigenvalue weighted by Gasteiger charge is -2.37. The first-order chi connectivity index (χ1) is 16.6. The van der Waals surface area contributed by atoms with E-state index in [0.29, 0.717) is 53.5 Å². The van der Waals surface area contributed by atoms with E-state index in [1.807, 2.05) is 6.07 Å². The average molecular weight is 500 g/mol. The van der Waals surface area contributed by atoms with Crippen molar-refractivity contribution in [1.82, 2.24) is 14.8 Å². The Balaban J connectivity index is 1.44. The number of hydrogen-bond donors (Lipinski definition) is 1. The summed E-state index contributed by atoms with van der Waals surface area (Å²) < 4.78 is 11.1. The van der Waals surface area contributed by atoms with Crippen molar-refractivity contribution in [1.29, 1.82) is 0 Å². The molecule has 1 aromatic heterocycles. The van der Waals surface area contributed by atoms with E-state index in [9.17, 15) is 9.59 Å². The topological polar surface area (TPSA) is 87.2 Å². The van der Waals surface area contributed by atoms with Gasteiger partial charge in [-0.15, -0.1) is 0 Å². The number of nitrogens with zero attached hydrogens (tertiary/aromatic N) is 4. The van der Waals surface area contributed by atoms with Gasteiger partial charge in [0.15, 0.2) is 0 Å². The summed E-state index contributed by atoms with van der Waals surface area (Å²) in [7, 11) is 2.08. The highest BCUT2D eigenvalue weighted by molar-refractivity contribution is 6.32. The Bertz CT molecular complexity index is 1180. The Morgan fingerprint density at radius 2 is 2.03 bits per heavy atom. The molecule has 1 N–H and O–H groups in total. The van der Waals surface area contributed by atoms with Gasteiger partial charge in [0.1, 0.15) is 11.4 Å². The van der Waals surface area contributed by atoms with Gasteiger partial charge in [0.05, 0.1) is 48.4 Å². The number of hydrogen-bond acceptors (Lipinski definition) is 8. The van der Waals surface area contributed by atoms with Crippen molar-refractivity contribution in [2.45, 2.75) is 45.5 Å². The second-order valence-corrected chi connectivity index (χ2v) is 10.6. The van der Waals surface area contributed by atoms with E-state index in [4.69, 9.17) is 26.1 Å². The van der Waals surface area contributed by atoms with E-state index >= 15 is 0 Å². The van der Waals surface area contributed by atoms with Crippen molar-refractivity contribution < 1.29 is 19.1 Å². The number of halogens is 1. The SMILES string of the molecule is CN1Cc2nc(Nc3ccc(Cl)c4c3C(=O)N(C(=O)OC(C)(C)C)C4)ccc2N2CCOCC2C1. The zero-order chi connectivity index (χ0) is 24.9. The van der Waals surface area contributed by atoms with Gasteiger partial charge < -0.3 is 19.7 Å². The first-order valence-corrected chi connectivity index (χ1v) is 12.1. The number of ether oxygens (including phenoxy) is 2. The van der Waals surface area contributed by atoms with Gasteiger partial charge in [0.25, 0.3) is 5.91 Å². The molecule has 9 nitrogen and oxygen atoms in total. The van der Waals surface area contributed by atoms with Gasteiger partial charge in [-0.1, -0.05) is 11.6 Å². The Kier molecular flexibility index (Phi) is 6.11. The van der Waals surface area contributed by atoms with Gasteiger partial charge >= 0.3 is 6.09 Å². The van der Waals surface area contributed by atoms with Crippen molar-refractivity contribution in [3.63, 3.8) is 0 Å². The summed E-state index contributed by atoms with van der Waals surface area (Å²) in [6.07, 6.45) is -0.688. The number of carbonyl (C=O) groups is 2. The molecule has 3 aliphatic rings. The van der Waals surface area contributed by atoms with Crippen LogP contribution in [0.5, 0.6) is 0 Å². The fraction of sp³-hybridized carbons (Fsp3) is 0.480. The van der Waals surface area contributed by atoms with Crippen LogP contribution in [-0.4, -0.2) is 71.8 Å². The number of amides is 2. The van der Waals surface area contributed by atoms with Crippen molar-refractivity contribution in [2.24, 2.45) is 0 Å². The summed E-state index contributed by atoms with van der Waals surface area (Å²) in [4.78, 5) is 36.5. The molecule has 35 heavy (non-hydrogen) atoms. The number of imide groups is 1. The second-order valence-electron chi connectivity index (χ2n) is 10.2. The molecule has 2 amide bonds. The van der Waals surface area contributed by atoms with Crippen LogP contribution in [0.4, 0.5) is 22.0 Å². The number of morpholine rings is 1. The maximum Gasteiger partial charge on any atom is 0.417 e. The molecule has 1 saturated heterocycles. The fourth-order valence-corrected chi connectivity index (χ4v) is 5.05. The zero-order valence-electron chi connectivity index (χ0n) is 20.4. The molecule has 0 bridgehead atoms. The normalized spacial score (nSPS) is 20.1. The minimum Gasteiger partial charge on any atom is -0.443 e. The molecule has 2 aromatic rings. The van der Waals surface area contributed by atoms with Crippen LogP contribution in [0.1, 0.15) is 42.4 Å². The first kappa shape index (κ1) is 23.8. The molecular formula is C25H30ClN5O4. The van der Waals surface area contributed by atoms with Gasteiger partial charge in [-0.25, -0.2) is 14.7 Å². The van der Waals surface area contributed by atoms with Crippen LogP contribution in [0, 0.1) is 0 Å². The van der Waals surface area contributed by atoms with Crippen LogP contribution in [-0.2, 0) is 22.6 Å². The molecule has 5 rings (SSSR count). The predicted molar refractivity (Wildman–Crippen MR) is 133 cm³/mol. The molecule has 0 aliphatic carbocycles. The number of carbonyl (C=O) groups excluding carboxylic acids is 2. The molecule has 1 fully saturated rings. The quantitative estimate of drug-likeness (QED) is 0.663. The summed E-state index contributed by atoms with van der Waals surface area (Å²) in [5.74, 6) is 0.182. The Morgan fingerprint density at radius 3 is 2.80 bits per heavy atom. The predicted octanol–water partition coefficient (Wildman–Crippen LogP) is 4.02. The number of nitrogens with one attached hydrogen (secondary N) is 1. The van der Waals surface area contributed by atoms with Crippen LogP contribution in [0.25, 0.3) is 0 Å². The molecule has 3 aliphatic heterocycles. The highest BCUT2D eigenvalue weighted by Crippen LogP contribution is 2.37. The molecule has 0 spiro atoms. The molecule has 4 heterocycles. The monoisotopic (exact) mass is 499 g/mol. The van der Waals surface area contributed by atoms with Crippen molar-refractivity contribution in [3.05, 3.63) is 46.1 Å². The van der Waals surface area contributed by atoms with E-state index in [1.54, 1.807) is 32.9 Å². The molecule has 186 valence electrons. The highest BCUT2D eigenvalue weighted by Gasteiger charge is 2.38. The summed E-state index contributed by atoms with van der Waals surface area (Å²) in [5, 5.41) is 3.73. The van der Waals surface area contributed by atoms with Gasteiger partial charge in [-0.05, 0) is 52.1 Å². The van der Waals surface area contributed by atoms with Gasteiger partial charge in [0.2, 0.25) is 0 Å². The van der Waals surface area contributed by atoms with E-state index in [2.05, 4.69) is 28.2 Å². The number of anilines is 3. The summed E-state index contributed by atoms with van der Waals surface area (Å²) in [5.41, 5.74) is 2.88. The summed E-state index contributed by atoms with van der Waals surface area (Å²) in [6.45, 7) is 9.21. The molecular weight excluding hydrogens is 470 g/mol. The molecule has 1 aromatic carbocycles. The Morgan fingerprint density at radius 1 is 1.23 bits per heavy atom. The molecule has 1 unspecified atom stereocenters. The Labute approximate surface area is 209 Å². The number of aromatic nitrogens is 1. The lowest BCUT2D eigenvalue weighted by Crippen LogP contribution is -2.49. The van der Waals surface area contributed by atoms with Crippen molar-refractivity contribution in [3.8, 4) is 0 Å². The van der Waals surface area contributed by atoms with Crippen LogP contribution in [0.3, 0.4) is 0 Å². The van der Waals surface area contributed by atoms with Crippen molar-refractivity contribution in [2.75, 3.05) is 43.6 Å². The third-order valence-electron chi connectivity index (χ3n) is 6.34. The van der Waals surface area contributed by atoms with Crippen LogP contribution in [0.15, 0.2) is 24.3 Å². The number of benzene rings is 1. The minimum absolute atomic E-state index is 0.0677. The number of likely N-dealkylation sites (N-methyl/N-ethyl adjacent to an activating group) is 1. The molecule has 1 atom stereocenters. The van der Waals surface area contributed by atoms with Crippen molar-refractivity contribution >= 4 is 40.8 Å². The van der Waals surface area contributed by atoms with E-state index in [0.717, 1.165) is 29.4 Å². The van der Waals surface area contributed by atoms with Gasteiger partial charge in [-0.2, -0.15) is 0 Å². The van der Waals surface area contributed by atoms with E-state index < -0.39 is 17.6 Å². The third-order valence-corrected chi connectivity index (χ3v) is 6.69. The first-order valence-electron chi connectivity index (χ1n) is 11.8. The molecule has 10 heteroatoms. The summed E-state index contributed by atoms with van der Waals surface area (Å²) in [6, 6.07) is 7.77. The zero-order valence-corrected chi connectivity index (χ0v) is 21.2. The Hall–Kier alpha value is -2.88. The standard InChI is InChI=1S/C25H30ClN5O4/c1-25(2,3)35-24(33)31-12-16-17(26)5-6-18(22(16)23(31)32)27-21-8-7-20-19(28-21)13-29(4)11-15-14-34-10-9-30(15)20/h5-8,15H,9-14H2,1-4H3,(H,27,28). The fourth-order valence-electron chi connectivity index (χ4n) is 4.84. The summed E-state index contributed by atoms with van der Waals surface area (Å²) >= 11 is 6.41. The van der Waals surface area contributed by atoms with Gasteiger partial charge in [-0.3, -0.25) is 9.69 Å². The third kappa shape index (κ3) is 4.68. The second kappa shape index (κ2) is 8.96. The van der Waals surface area contributed by atoms with Gasteiger partial charge in [0, 0.05) is 30.2 Å². The maximum atomic E-state index is 13.2. The van der Waals surface area contributed by atoms with E-state index in [-0.39, 0.29) is 6.54 Å². The number of rotatable bonds is 2. The molecule has 0 saturated carbocycles. The molecule has 0 radical (unpaired) electrons.